The van der Waals surface area contributed by atoms with Gasteiger partial charge in [-0.15, -0.1) is 0 Å². The van der Waals surface area contributed by atoms with Gasteiger partial charge < -0.3 is 25.0 Å². The fourth-order valence-electron chi connectivity index (χ4n) is 5.71. The number of anilines is 3. The largest absolute Gasteiger partial charge is 0.464 e. The predicted molar refractivity (Wildman–Crippen MR) is 130 cm³/mol. The van der Waals surface area contributed by atoms with E-state index in [1.165, 1.54) is 7.11 Å². The second kappa shape index (κ2) is 8.42. The molecule has 0 unspecified atom stereocenters. The summed E-state index contributed by atoms with van der Waals surface area (Å²) in [4.78, 5) is 31.1. The zero-order valence-electron chi connectivity index (χ0n) is 20.0. The normalized spacial score (nSPS) is 23.6. The Kier molecular flexibility index (Phi) is 5.33. The lowest BCUT2D eigenvalue weighted by Gasteiger charge is -2.41. The number of hydrogen-bond acceptors (Lipinski definition) is 10. The molecule has 0 aromatic carbocycles. The average molecular weight is 479 g/mol. The topological polar surface area (TPSA) is 135 Å². The number of aryl methyl sites for hydroxylation is 1. The Bertz CT molecular complexity index is 1270. The minimum Gasteiger partial charge on any atom is -0.464 e. The molecule has 1 spiro atoms. The van der Waals surface area contributed by atoms with Crippen LogP contribution in [0.25, 0.3) is 11.2 Å². The van der Waals surface area contributed by atoms with Crippen molar-refractivity contribution in [2.75, 3.05) is 43.2 Å². The van der Waals surface area contributed by atoms with Crippen molar-refractivity contribution in [1.29, 1.82) is 0 Å². The molecule has 184 valence electrons. The second-order valence-corrected chi connectivity index (χ2v) is 9.75. The monoisotopic (exact) mass is 478 g/mol. The van der Waals surface area contributed by atoms with Crippen molar-refractivity contribution in [3.8, 4) is 0 Å². The fraction of sp³-hybridized carbons (Fsp3) is 0.542. The number of H-pyrrole nitrogens is 1. The third kappa shape index (κ3) is 3.52. The number of fused-ring (bicyclic) bond motifs is 2. The molecule has 3 aliphatic heterocycles. The Morgan fingerprint density at radius 2 is 2.09 bits per heavy atom. The summed E-state index contributed by atoms with van der Waals surface area (Å²) in [6.07, 6.45) is 5.47. The van der Waals surface area contributed by atoms with Crippen molar-refractivity contribution in [1.82, 2.24) is 25.1 Å². The smallest absolute Gasteiger partial charge is 0.360 e. The number of esters is 1. The number of carbonyl (C=O) groups excluding carboxylic acids is 1. The molecule has 3 aromatic heterocycles. The molecule has 3 aromatic rings. The van der Waals surface area contributed by atoms with E-state index < -0.39 is 5.97 Å². The van der Waals surface area contributed by atoms with Crippen molar-refractivity contribution in [3.05, 3.63) is 29.7 Å². The highest BCUT2D eigenvalue weighted by atomic mass is 16.5. The molecule has 3 aliphatic rings. The quantitative estimate of drug-likeness (QED) is 0.538. The summed E-state index contributed by atoms with van der Waals surface area (Å²) in [5.74, 6) is 0.631. The molecule has 0 saturated carbocycles. The minimum absolute atomic E-state index is 0.00960. The van der Waals surface area contributed by atoms with E-state index in [0.717, 1.165) is 43.6 Å². The van der Waals surface area contributed by atoms with Crippen LogP contribution in [-0.4, -0.2) is 76.6 Å². The summed E-state index contributed by atoms with van der Waals surface area (Å²) >= 11 is 0. The number of methoxy groups -OCH3 is 1. The number of nitrogens with one attached hydrogen (secondary N) is 1. The van der Waals surface area contributed by atoms with Crippen molar-refractivity contribution in [2.24, 2.45) is 11.1 Å². The van der Waals surface area contributed by atoms with Gasteiger partial charge in [0.15, 0.2) is 28.5 Å². The van der Waals surface area contributed by atoms with Crippen molar-refractivity contribution < 1.29 is 14.3 Å². The minimum atomic E-state index is -0.517. The Morgan fingerprint density at radius 3 is 2.83 bits per heavy atom. The molecule has 35 heavy (non-hydrogen) atoms. The van der Waals surface area contributed by atoms with Gasteiger partial charge >= 0.3 is 5.97 Å². The maximum absolute atomic E-state index is 12.8. The zero-order valence-corrected chi connectivity index (χ0v) is 20.0. The average Bonchev–Trinajstić information content (AvgIpc) is 3.44. The highest BCUT2D eigenvalue weighted by Crippen LogP contribution is 2.42. The van der Waals surface area contributed by atoms with Crippen LogP contribution in [0.3, 0.4) is 0 Å². The SMILES string of the molecule is COC(=O)c1nc2c(N3CCCc4ncccc43)n[nH]c2nc1N1CCC2(CC1)CO[C@@H](C)[C@H]2N. The number of carbonyl (C=O) groups is 1. The molecule has 0 bridgehead atoms. The number of hydrogen-bond donors (Lipinski definition) is 2. The van der Waals surface area contributed by atoms with Gasteiger partial charge in [0.25, 0.3) is 0 Å². The highest BCUT2D eigenvalue weighted by molar-refractivity contribution is 5.97. The first-order valence-corrected chi connectivity index (χ1v) is 12.2. The molecule has 6 rings (SSSR count). The molecule has 3 N–H and O–H groups in total. The van der Waals surface area contributed by atoms with Crippen LogP contribution in [0.5, 0.6) is 0 Å². The van der Waals surface area contributed by atoms with Crippen LogP contribution in [0.4, 0.5) is 17.3 Å². The molecule has 6 heterocycles. The molecule has 0 radical (unpaired) electrons. The van der Waals surface area contributed by atoms with Gasteiger partial charge in [0.05, 0.1) is 31.2 Å². The number of nitrogens with zero attached hydrogens (tertiary/aromatic N) is 6. The summed E-state index contributed by atoms with van der Waals surface area (Å²) in [6, 6.07) is 3.96. The summed E-state index contributed by atoms with van der Waals surface area (Å²) in [5.41, 5.74) is 9.76. The van der Waals surface area contributed by atoms with Gasteiger partial charge in [0.2, 0.25) is 0 Å². The van der Waals surface area contributed by atoms with E-state index in [-0.39, 0.29) is 23.3 Å². The number of pyridine rings is 1. The van der Waals surface area contributed by atoms with Crippen LogP contribution in [0, 0.1) is 5.41 Å². The van der Waals surface area contributed by atoms with E-state index in [4.69, 9.17) is 25.2 Å². The van der Waals surface area contributed by atoms with Crippen LogP contribution < -0.4 is 15.5 Å². The molecular weight excluding hydrogens is 448 g/mol. The molecule has 11 nitrogen and oxygen atoms in total. The van der Waals surface area contributed by atoms with Crippen LogP contribution in [0.15, 0.2) is 18.3 Å². The van der Waals surface area contributed by atoms with Gasteiger partial charge in [0.1, 0.15) is 0 Å². The van der Waals surface area contributed by atoms with E-state index in [0.29, 0.717) is 42.5 Å². The first-order chi connectivity index (χ1) is 17.0. The van der Waals surface area contributed by atoms with E-state index >= 15 is 0 Å². The molecule has 0 aliphatic carbocycles. The molecule has 2 atom stereocenters. The molecule has 2 fully saturated rings. The van der Waals surface area contributed by atoms with Crippen molar-refractivity contribution >= 4 is 34.5 Å². The fourth-order valence-corrected chi connectivity index (χ4v) is 5.71. The lowest BCUT2D eigenvalue weighted by Crippen LogP contribution is -2.51. The number of aromatic nitrogens is 5. The summed E-state index contributed by atoms with van der Waals surface area (Å²) in [7, 11) is 1.36. The van der Waals surface area contributed by atoms with E-state index in [1.807, 2.05) is 19.1 Å². The second-order valence-electron chi connectivity index (χ2n) is 9.75. The summed E-state index contributed by atoms with van der Waals surface area (Å²) < 4.78 is 11.0. The van der Waals surface area contributed by atoms with Crippen molar-refractivity contribution in [2.45, 2.75) is 44.8 Å². The van der Waals surface area contributed by atoms with Crippen LogP contribution in [0.1, 0.15) is 42.4 Å². The molecule has 0 amide bonds. The number of ether oxygens (including phenoxy) is 2. The lowest BCUT2D eigenvalue weighted by atomic mass is 9.73. The van der Waals surface area contributed by atoms with Crippen molar-refractivity contribution in [3.63, 3.8) is 0 Å². The third-order valence-corrected chi connectivity index (χ3v) is 7.85. The highest BCUT2D eigenvalue weighted by Gasteiger charge is 2.48. The summed E-state index contributed by atoms with van der Waals surface area (Å²) in [5, 5.41) is 7.59. The Labute approximate surface area is 203 Å². The standard InChI is InChI=1S/C24H30N8O3/c1-14-19(25)24(13-35-14)7-11-31(12-8-24)21-18(23(33)34-2)27-17-20(28-21)29-30-22(17)32-10-4-5-15-16(32)6-3-9-26-15/h3,6,9,14,19H,4-5,7-8,10-13,25H2,1-2H3,(H,28,29,30)/t14-,19+/m0/s1. The maximum atomic E-state index is 12.8. The van der Waals surface area contributed by atoms with Gasteiger partial charge in [-0.1, -0.05) is 0 Å². The van der Waals surface area contributed by atoms with E-state index in [9.17, 15) is 4.79 Å². The van der Waals surface area contributed by atoms with Gasteiger partial charge in [-0.05, 0) is 44.7 Å². The maximum Gasteiger partial charge on any atom is 0.360 e. The number of piperidine rings is 1. The molecule has 2 saturated heterocycles. The zero-order chi connectivity index (χ0) is 24.2. The molecule has 11 heteroatoms. The van der Waals surface area contributed by atoms with Gasteiger partial charge in [-0.2, -0.15) is 5.10 Å². The van der Waals surface area contributed by atoms with Crippen LogP contribution in [0.2, 0.25) is 0 Å². The Balaban J connectivity index is 1.36. The van der Waals surface area contributed by atoms with E-state index in [1.54, 1.807) is 6.20 Å². The number of nitrogens with two attached hydrogens (primary N) is 1. The molecular formula is C24H30N8O3. The Hall–Kier alpha value is -3.31. The number of rotatable bonds is 3. The number of aromatic amines is 1. The summed E-state index contributed by atoms with van der Waals surface area (Å²) in [6.45, 7) is 4.91. The van der Waals surface area contributed by atoms with Crippen LogP contribution in [-0.2, 0) is 15.9 Å². The van der Waals surface area contributed by atoms with Gasteiger partial charge in [0, 0.05) is 37.3 Å². The lowest BCUT2D eigenvalue weighted by molar-refractivity contribution is 0.0594. The third-order valence-electron chi connectivity index (χ3n) is 7.85. The first-order valence-electron chi connectivity index (χ1n) is 12.2. The van der Waals surface area contributed by atoms with E-state index in [2.05, 4.69) is 25.0 Å². The van der Waals surface area contributed by atoms with Gasteiger partial charge in [-0.3, -0.25) is 10.1 Å². The Morgan fingerprint density at radius 1 is 1.26 bits per heavy atom. The predicted octanol–water partition coefficient (Wildman–Crippen LogP) is 1.95. The van der Waals surface area contributed by atoms with Gasteiger partial charge in [-0.25, -0.2) is 14.8 Å². The van der Waals surface area contributed by atoms with Crippen LogP contribution >= 0.6 is 0 Å². The first kappa shape index (κ1) is 22.2.